The van der Waals surface area contributed by atoms with Crippen molar-refractivity contribution in [2.75, 3.05) is 11.1 Å². The number of aryl methyl sites for hydroxylation is 2. The highest BCUT2D eigenvalue weighted by molar-refractivity contribution is 8.00. The van der Waals surface area contributed by atoms with Crippen LogP contribution in [0.3, 0.4) is 0 Å². The molecule has 146 valence electrons. The van der Waals surface area contributed by atoms with Gasteiger partial charge in [-0.3, -0.25) is 4.79 Å². The van der Waals surface area contributed by atoms with E-state index in [0.717, 1.165) is 56.6 Å². The molecule has 0 fully saturated rings. The molecule has 1 amide bonds. The zero-order chi connectivity index (χ0) is 19.8. The van der Waals surface area contributed by atoms with Crippen LogP contribution in [0.4, 0.5) is 5.82 Å². The van der Waals surface area contributed by atoms with Crippen LogP contribution in [0.2, 0.25) is 0 Å². The van der Waals surface area contributed by atoms with E-state index >= 15 is 0 Å². The lowest BCUT2D eigenvalue weighted by Crippen LogP contribution is -2.18. The van der Waals surface area contributed by atoms with Gasteiger partial charge in [0.2, 0.25) is 11.0 Å². The molecule has 2 aromatic heterocycles. The number of anilines is 1. The van der Waals surface area contributed by atoms with Crippen molar-refractivity contribution < 1.29 is 4.79 Å². The first-order valence-electron chi connectivity index (χ1n) is 9.63. The van der Waals surface area contributed by atoms with Gasteiger partial charge in [-0.25, -0.2) is 4.98 Å². The molecule has 5 rings (SSSR count). The zero-order valence-electron chi connectivity index (χ0n) is 16.0. The topological polar surface area (TPSA) is 59.8 Å². The van der Waals surface area contributed by atoms with Crippen molar-refractivity contribution in [3.05, 3.63) is 65.4 Å². The number of rotatable bonds is 5. The molecule has 1 aliphatic rings. The number of hydrogen-bond acceptors (Lipinski definition) is 5. The lowest BCUT2D eigenvalue weighted by molar-refractivity contribution is -0.113. The summed E-state index contributed by atoms with van der Waals surface area (Å²) in [6, 6.07) is 16.3. The van der Waals surface area contributed by atoms with Crippen LogP contribution < -0.4 is 5.32 Å². The minimum absolute atomic E-state index is 0.0208. The molecule has 0 atom stereocenters. The summed E-state index contributed by atoms with van der Waals surface area (Å²) in [5.41, 5.74) is 4.40. The minimum Gasteiger partial charge on any atom is -0.310 e. The average molecular weight is 421 g/mol. The number of benzene rings is 2. The maximum atomic E-state index is 12.7. The molecule has 0 aliphatic heterocycles. The third-order valence-electron chi connectivity index (χ3n) is 5.02. The van der Waals surface area contributed by atoms with E-state index in [2.05, 4.69) is 42.6 Å². The van der Waals surface area contributed by atoms with E-state index in [9.17, 15) is 4.79 Å². The molecule has 0 spiro atoms. The fourth-order valence-electron chi connectivity index (χ4n) is 3.56. The van der Waals surface area contributed by atoms with Crippen LogP contribution in [0.15, 0.2) is 53.4 Å². The van der Waals surface area contributed by atoms with Crippen molar-refractivity contribution in [3.63, 3.8) is 0 Å². The Morgan fingerprint density at radius 2 is 2.00 bits per heavy atom. The summed E-state index contributed by atoms with van der Waals surface area (Å²) in [4.78, 5) is 18.5. The predicted molar refractivity (Wildman–Crippen MR) is 119 cm³/mol. The summed E-state index contributed by atoms with van der Waals surface area (Å²) in [6.45, 7) is 2.06. The Morgan fingerprint density at radius 3 is 2.83 bits per heavy atom. The third-order valence-corrected chi connectivity index (χ3v) is 7.04. The highest BCUT2D eigenvalue weighted by Crippen LogP contribution is 2.34. The number of carbonyl (C=O) groups excluding carboxylic acids is 1. The van der Waals surface area contributed by atoms with E-state index in [1.165, 1.54) is 5.56 Å². The second-order valence-corrected chi connectivity index (χ2v) is 9.21. The summed E-state index contributed by atoms with van der Waals surface area (Å²) in [5.74, 6) is 1.13. The Labute approximate surface area is 177 Å². The normalized spacial score (nSPS) is 13.0. The van der Waals surface area contributed by atoms with E-state index in [1.54, 1.807) is 23.1 Å². The molecule has 0 radical (unpaired) electrons. The standard InChI is InChI=1S/C22H20N4OS2/c1-14-9-11-15(12-10-14)28-13-20(27)24-21-16-5-4-7-17(16)25-26(21)22-23-18-6-2-3-8-19(18)29-22/h2-3,6,8-12H,4-5,7,13H2,1H3,(H,24,27). The number of nitrogens with zero attached hydrogens (tertiary/aromatic N) is 3. The predicted octanol–water partition coefficient (Wildman–Crippen LogP) is 5.01. The van der Waals surface area contributed by atoms with Gasteiger partial charge in [0.05, 0.1) is 21.7 Å². The third kappa shape index (κ3) is 3.68. The first kappa shape index (κ1) is 18.4. The van der Waals surface area contributed by atoms with Crippen LogP contribution in [-0.2, 0) is 17.6 Å². The van der Waals surface area contributed by atoms with Gasteiger partial charge in [0, 0.05) is 10.5 Å². The van der Waals surface area contributed by atoms with Gasteiger partial charge in [0.25, 0.3) is 0 Å². The molecule has 0 unspecified atom stereocenters. The fourth-order valence-corrected chi connectivity index (χ4v) is 5.18. The number of aromatic nitrogens is 3. The van der Waals surface area contributed by atoms with Crippen LogP contribution in [0.1, 0.15) is 23.2 Å². The Hall–Kier alpha value is -2.64. The maximum absolute atomic E-state index is 12.7. The SMILES string of the molecule is Cc1ccc(SCC(=O)Nc2c3c(nn2-c2nc4ccccc4s2)CCC3)cc1. The molecule has 29 heavy (non-hydrogen) atoms. The van der Waals surface area contributed by atoms with Gasteiger partial charge in [-0.2, -0.15) is 9.78 Å². The van der Waals surface area contributed by atoms with Crippen LogP contribution >= 0.6 is 23.1 Å². The number of thiazole rings is 1. The van der Waals surface area contributed by atoms with Gasteiger partial charge in [0.15, 0.2) is 0 Å². The second-order valence-electron chi connectivity index (χ2n) is 7.15. The van der Waals surface area contributed by atoms with Gasteiger partial charge in [-0.1, -0.05) is 41.2 Å². The first-order chi connectivity index (χ1) is 14.2. The molecule has 0 saturated carbocycles. The maximum Gasteiger partial charge on any atom is 0.235 e. The summed E-state index contributed by atoms with van der Waals surface area (Å²) in [5, 5.41) is 8.70. The highest BCUT2D eigenvalue weighted by atomic mass is 32.2. The van der Waals surface area contributed by atoms with Gasteiger partial charge in [-0.05, 0) is 50.5 Å². The van der Waals surface area contributed by atoms with Gasteiger partial charge < -0.3 is 5.32 Å². The van der Waals surface area contributed by atoms with E-state index in [1.807, 2.05) is 22.9 Å². The zero-order valence-corrected chi connectivity index (χ0v) is 17.6. The number of amides is 1. The molecular formula is C22H20N4OS2. The number of para-hydroxylation sites is 1. The highest BCUT2D eigenvalue weighted by Gasteiger charge is 2.25. The molecule has 0 bridgehead atoms. The van der Waals surface area contributed by atoms with Crippen molar-refractivity contribution in [1.82, 2.24) is 14.8 Å². The molecular weight excluding hydrogens is 400 g/mol. The number of nitrogens with one attached hydrogen (secondary N) is 1. The fraction of sp³-hybridized carbons (Fsp3) is 0.227. The van der Waals surface area contributed by atoms with Crippen molar-refractivity contribution in [2.45, 2.75) is 31.1 Å². The van der Waals surface area contributed by atoms with Crippen LogP contribution in [0.25, 0.3) is 15.3 Å². The van der Waals surface area contributed by atoms with Crippen molar-refractivity contribution in [2.24, 2.45) is 0 Å². The van der Waals surface area contributed by atoms with Crippen molar-refractivity contribution in [3.8, 4) is 5.13 Å². The number of hydrogen-bond donors (Lipinski definition) is 1. The van der Waals surface area contributed by atoms with Crippen molar-refractivity contribution >= 4 is 45.0 Å². The average Bonchev–Trinajstić information content (AvgIpc) is 3.42. The summed E-state index contributed by atoms with van der Waals surface area (Å²) in [6.07, 6.45) is 2.98. The summed E-state index contributed by atoms with van der Waals surface area (Å²) in [7, 11) is 0. The monoisotopic (exact) mass is 420 g/mol. The van der Waals surface area contributed by atoms with E-state index in [-0.39, 0.29) is 5.91 Å². The molecule has 2 aromatic carbocycles. The van der Waals surface area contributed by atoms with Gasteiger partial charge in [-0.15, -0.1) is 11.8 Å². The molecule has 1 aliphatic carbocycles. The van der Waals surface area contributed by atoms with E-state index in [4.69, 9.17) is 10.1 Å². The quantitative estimate of drug-likeness (QED) is 0.461. The Morgan fingerprint density at radius 1 is 1.17 bits per heavy atom. The molecule has 4 aromatic rings. The molecule has 0 saturated heterocycles. The molecule has 1 N–H and O–H groups in total. The number of fused-ring (bicyclic) bond motifs is 2. The van der Waals surface area contributed by atoms with Crippen LogP contribution in [-0.4, -0.2) is 26.4 Å². The van der Waals surface area contributed by atoms with Crippen LogP contribution in [0.5, 0.6) is 0 Å². The summed E-state index contributed by atoms with van der Waals surface area (Å²) >= 11 is 3.14. The molecule has 7 heteroatoms. The largest absolute Gasteiger partial charge is 0.310 e. The lowest BCUT2D eigenvalue weighted by Gasteiger charge is -2.09. The molecule has 5 nitrogen and oxygen atoms in total. The van der Waals surface area contributed by atoms with Crippen LogP contribution in [0, 0.1) is 6.92 Å². The van der Waals surface area contributed by atoms with E-state index in [0.29, 0.717) is 5.75 Å². The second kappa shape index (κ2) is 7.65. The Kier molecular flexibility index (Phi) is 4.85. The van der Waals surface area contributed by atoms with Crippen molar-refractivity contribution in [1.29, 1.82) is 0 Å². The Bertz CT molecular complexity index is 1160. The molecule has 2 heterocycles. The first-order valence-corrected chi connectivity index (χ1v) is 11.4. The number of carbonyl (C=O) groups is 1. The Balaban J connectivity index is 1.40. The lowest BCUT2D eigenvalue weighted by atomic mass is 10.2. The summed E-state index contributed by atoms with van der Waals surface area (Å²) < 4.78 is 2.94. The number of thioether (sulfide) groups is 1. The van der Waals surface area contributed by atoms with Gasteiger partial charge in [0.1, 0.15) is 5.82 Å². The van der Waals surface area contributed by atoms with Gasteiger partial charge >= 0.3 is 0 Å². The smallest absolute Gasteiger partial charge is 0.235 e. The minimum atomic E-state index is -0.0208. The van der Waals surface area contributed by atoms with E-state index < -0.39 is 0 Å².